The van der Waals surface area contributed by atoms with Crippen molar-refractivity contribution in [3.05, 3.63) is 19.9 Å². The van der Waals surface area contributed by atoms with Gasteiger partial charge in [-0.3, -0.25) is 0 Å². The predicted molar refractivity (Wildman–Crippen MR) is 59.9 cm³/mol. The van der Waals surface area contributed by atoms with E-state index in [-0.39, 0.29) is 0 Å². The fourth-order valence-electron chi connectivity index (χ4n) is 0.954. The number of aryl methyl sites for hydroxylation is 1. The molecule has 0 aliphatic carbocycles. The Morgan fingerprint density at radius 2 is 2.33 bits per heavy atom. The zero-order chi connectivity index (χ0) is 8.72. The van der Waals surface area contributed by atoms with E-state index in [0.717, 1.165) is 10.2 Å². The average molecular weight is 311 g/mol. The van der Waals surface area contributed by atoms with Crippen molar-refractivity contribution in [2.45, 2.75) is 6.92 Å². The van der Waals surface area contributed by atoms with Crippen LogP contribution in [0.5, 0.6) is 0 Å². The van der Waals surface area contributed by atoms with Crippen LogP contribution in [-0.4, -0.2) is 9.97 Å². The number of hydrogen-bond acceptors (Lipinski definition) is 3. The van der Waals surface area contributed by atoms with E-state index >= 15 is 0 Å². The molecule has 0 unspecified atom stereocenters. The van der Waals surface area contributed by atoms with Crippen molar-refractivity contribution in [3.63, 3.8) is 0 Å². The molecule has 0 bridgehead atoms. The second-order valence-corrected chi connectivity index (χ2v) is 4.95. The largest absolute Gasteiger partial charge is 0.226 e. The molecule has 0 aromatic carbocycles. The summed E-state index contributed by atoms with van der Waals surface area (Å²) < 4.78 is 1.23. The first-order valence-electron chi connectivity index (χ1n) is 3.25. The molecule has 0 aliphatic rings. The summed E-state index contributed by atoms with van der Waals surface area (Å²) in [6.07, 6.45) is 1.77. The lowest BCUT2D eigenvalue weighted by Gasteiger charge is -1.88. The maximum Gasteiger partial charge on any atom is 0.223 e. The monoisotopic (exact) mass is 310 g/mol. The quantitative estimate of drug-likeness (QED) is 0.551. The zero-order valence-corrected chi connectivity index (χ0v) is 9.87. The van der Waals surface area contributed by atoms with Crippen LogP contribution in [0.2, 0.25) is 5.28 Å². The van der Waals surface area contributed by atoms with Gasteiger partial charge in [0.2, 0.25) is 5.28 Å². The second kappa shape index (κ2) is 3.08. The van der Waals surface area contributed by atoms with Crippen molar-refractivity contribution in [1.82, 2.24) is 9.97 Å². The van der Waals surface area contributed by atoms with Gasteiger partial charge in [-0.15, -0.1) is 11.3 Å². The van der Waals surface area contributed by atoms with E-state index in [4.69, 9.17) is 11.6 Å². The van der Waals surface area contributed by atoms with Crippen molar-refractivity contribution in [1.29, 1.82) is 0 Å². The average Bonchev–Trinajstić information content (AvgIpc) is 2.28. The topological polar surface area (TPSA) is 25.8 Å². The van der Waals surface area contributed by atoms with Crippen LogP contribution in [-0.2, 0) is 0 Å². The van der Waals surface area contributed by atoms with Crippen molar-refractivity contribution in [3.8, 4) is 0 Å². The third kappa shape index (κ3) is 1.31. The van der Waals surface area contributed by atoms with Crippen LogP contribution in [0.15, 0.2) is 6.20 Å². The normalized spacial score (nSPS) is 10.9. The fourth-order valence-corrected chi connectivity index (χ4v) is 2.93. The minimum absolute atomic E-state index is 0.320. The van der Waals surface area contributed by atoms with Crippen LogP contribution >= 0.6 is 45.5 Å². The van der Waals surface area contributed by atoms with Crippen molar-refractivity contribution >= 4 is 55.7 Å². The highest BCUT2D eigenvalue weighted by Crippen LogP contribution is 2.30. The smallest absolute Gasteiger partial charge is 0.223 e. The molecule has 0 radical (unpaired) electrons. The molecule has 0 saturated carbocycles. The summed E-state index contributed by atoms with van der Waals surface area (Å²) >= 11 is 9.61. The minimum Gasteiger partial charge on any atom is -0.226 e. The van der Waals surface area contributed by atoms with Gasteiger partial charge in [0.25, 0.3) is 0 Å². The molecule has 2 aromatic rings. The molecule has 2 aromatic heterocycles. The van der Waals surface area contributed by atoms with E-state index < -0.39 is 0 Å². The molecule has 2 nitrogen and oxygen atoms in total. The maximum atomic E-state index is 5.66. The predicted octanol–water partition coefficient (Wildman–Crippen LogP) is 3.26. The van der Waals surface area contributed by atoms with Gasteiger partial charge in [-0.25, -0.2) is 9.97 Å². The first kappa shape index (κ1) is 8.65. The molecule has 0 amide bonds. The summed E-state index contributed by atoms with van der Waals surface area (Å²) in [7, 11) is 0. The van der Waals surface area contributed by atoms with Gasteiger partial charge in [0.15, 0.2) is 0 Å². The van der Waals surface area contributed by atoms with E-state index in [1.807, 2.05) is 0 Å². The highest BCUT2D eigenvalue weighted by Gasteiger charge is 2.07. The molecule has 2 rings (SSSR count). The Morgan fingerprint density at radius 1 is 1.58 bits per heavy atom. The summed E-state index contributed by atoms with van der Waals surface area (Å²) in [6, 6.07) is 0. The maximum absolute atomic E-state index is 5.66. The third-order valence-electron chi connectivity index (χ3n) is 1.52. The Balaban J connectivity index is 2.87. The molecule has 0 aliphatic heterocycles. The lowest BCUT2D eigenvalue weighted by Crippen LogP contribution is -1.79. The molecule has 5 heteroatoms. The number of fused-ring (bicyclic) bond motifs is 1. The van der Waals surface area contributed by atoms with Crippen LogP contribution in [0.4, 0.5) is 0 Å². The molecular weight excluding hydrogens is 307 g/mol. The van der Waals surface area contributed by atoms with E-state index in [1.54, 1.807) is 17.5 Å². The van der Waals surface area contributed by atoms with E-state index in [0.29, 0.717) is 5.28 Å². The molecular formula is C7H4ClIN2S. The standard InChI is InChI=1S/C7H4ClIN2S/c1-3-5(9)4-2-10-7(8)11-6(4)12-3/h2H,1H3. The first-order chi connectivity index (χ1) is 5.68. The van der Waals surface area contributed by atoms with Crippen LogP contribution in [0.3, 0.4) is 0 Å². The molecule has 0 fully saturated rings. The number of rotatable bonds is 0. The Labute approximate surface area is 92.1 Å². The van der Waals surface area contributed by atoms with Crippen LogP contribution in [0, 0.1) is 10.5 Å². The summed E-state index contributed by atoms with van der Waals surface area (Å²) in [5, 5.41) is 1.42. The zero-order valence-electron chi connectivity index (χ0n) is 6.14. The minimum atomic E-state index is 0.320. The third-order valence-corrected chi connectivity index (χ3v) is 4.47. The van der Waals surface area contributed by atoms with Gasteiger partial charge >= 0.3 is 0 Å². The number of thiophene rings is 1. The fraction of sp³-hybridized carbons (Fsp3) is 0.143. The molecule has 0 atom stereocenters. The summed E-state index contributed by atoms with van der Waals surface area (Å²) in [6.45, 7) is 2.07. The second-order valence-electron chi connectivity index (χ2n) is 2.33. The lowest BCUT2D eigenvalue weighted by molar-refractivity contribution is 1.23. The molecule has 0 N–H and O–H groups in total. The molecule has 0 saturated heterocycles. The Bertz CT molecular complexity index is 440. The highest BCUT2D eigenvalue weighted by molar-refractivity contribution is 14.1. The summed E-state index contributed by atoms with van der Waals surface area (Å²) in [5.41, 5.74) is 0. The van der Waals surface area contributed by atoms with Crippen molar-refractivity contribution in [2.24, 2.45) is 0 Å². The van der Waals surface area contributed by atoms with Crippen LogP contribution in [0.1, 0.15) is 4.88 Å². The molecule has 12 heavy (non-hydrogen) atoms. The Morgan fingerprint density at radius 3 is 3.08 bits per heavy atom. The van der Waals surface area contributed by atoms with E-state index in [9.17, 15) is 0 Å². The highest BCUT2D eigenvalue weighted by atomic mass is 127. The van der Waals surface area contributed by atoms with Gasteiger partial charge < -0.3 is 0 Å². The molecule has 0 spiro atoms. The number of hydrogen-bond donors (Lipinski definition) is 0. The summed E-state index contributed by atoms with van der Waals surface area (Å²) in [4.78, 5) is 10.3. The lowest BCUT2D eigenvalue weighted by atomic mass is 10.4. The van der Waals surface area contributed by atoms with Gasteiger partial charge in [-0.05, 0) is 41.1 Å². The molecule has 2 heterocycles. The van der Waals surface area contributed by atoms with Gasteiger partial charge in [0.05, 0.1) is 0 Å². The SMILES string of the molecule is Cc1sc2nc(Cl)ncc2c1I. The Kier molecular flexibility index (Phi) is 2.22. The van der Waals surface area contributed by atoms with Crippen LogP contribution in [0.25, 0.3) is 10.2 Å². The summed E-state index contributed by atoms with van der Waals surface area (Å²) in [5.74, 6) is 0. The van der Waals surface area contributed by atoms with Crippen molar-refractivity contribution in [2.75, 3.05) is 0 Å². The Hall–Kier alpha value is 0.0600. The van der Waals surface area contributed by atoms with Crippen LogP contribution < -0.4 is 0 Å². The van der Waals surface area contributed by atoms with E-state index in [1.165, 1.54) is 8.45 Å². The van der Waals surface area contributed by atoms with Gasteiger partial charge in [0, 0.05) is 20.0 Å². The first-order valence-corrected chi connectivity index (χ1v) is 5.53. The number of nitrogens with zero attached hydrogens (tertiary/aromatic N) is 2. The van der Waals surface area contributed by atoms with Crippen molar-refractivity contribution < 1.29 is 0 Å². The number of aromatic nitrogens is 2. The van der Waals surface area contributed by atoms with Gasteiger partial charge in [0.1, 0.15) is 4.83 Å². The van der Waals surface area contributed by atoms with Gasteiger partial charge in [-0.2, -0.15) is 0 Å². The van der Waals surface area contributed by atoms with E-state index in [2.05, 4.69) is 39.5 Å². The number of halogens is 2. The van der Waals surface area contributed by atoms with Gasteiger partial charge in [-0.1, -0.05) is 0 Å². The molecule has 62 valence electrons.